The molecule has 0 bridgehead atoms. The second-order valence-electron chi connectivity index (χ2n) is 5.93. The highest BCUT2D eigenvalue weighted by atomic mass is 32.2. The number of likely N-dealkylation sites (N-methyl/N-ethyl adjacent to an activating group) is 1. The van der Waals surface area contributed by atoms with Crippen molar-refractivity contribution in [3.8, 4) is 17.2 Å². The second kappa shape index (κ2) is 8.35. The first-order valence-corrected chi connectivity index (χ1v) is 9.29. The average Bonchev–Trinajstić information content (AvgIpc) is 2.95. The summed E-state index contributed by atoms with van der Waals surface area (Å²) >= 11 is 1.28. The predicted molar refractivity (Wildman–Crippen MR) is 111 cm³/mol. The van der Waals surface area contributed by atoms with Gasteiger partial charge in [0, 0.05) is 18.3 Å². The molecule has 0 N–H and O–H groups in total. The van der Waals surface area contributed by atoms with Crippen LogP contribution >= 0.6 is 11.8 Å². The van der Waals surface area contributed by atoms with E-state index in [4.69, 9.17) is 14.2 Å². The minimum Gasteiger partial charge on any atom is -0.493 e. The highest BCUT2D eigenvalue weighted by Crippen LogP contribution is 2.42. The number of aromatic nitrogens is 1. The quantitative estimate of drug-likeness (QED) is 0.715. The lowest BCUT2D eigenvalue weighted by Crippen LogP contribution is -2.23. The maximum atomic E-state index is 12.7. The zero-order valence-corrected chi connectivity index (χ0v) is 17.2. The molecular formula is C20H21N3O4S. The summed E-state index contributed by atoms with van der Waals surface area (Å²) in [5.74, 6) is 1.94. The van der Waals surface area contributed by atoms with Gasteiger partial charge in [0.1, 0.15) is 0 Å². The molecule has 1 saturated heterocycles. The minimum absolute atomic E-state index is 0.145. The van der Waals surface area contributed by atoms with E-state index in [0.717, 1.165) is 5.69 Å². The number of amidine groups is 1. The topological polar surface area (TPSA) is 73.3 Å². The third-order valence-corrected chi connectivity index (χ3v) is 5.17. The van der Waals surface area contributed by atoms with Crippen molar-refractivity contribution in [2.24, 2.45) is 4.99 Å². The Morgan fingerprint density at radius 1 is 1.07 bits per heavy atom. The summed E-state index contributed by atoms with van der Waals surface area (Å²) in [7, 11) is 6.34. The van der Waals surface area contributed by atoms with Gasteiger partial charge in [-0.15, -0.1) is 0 Å². The number of aliphatic imine (C=N–C) groups is 1. The van der Waals surface area contributed by atoms with Crippen LogP contribution in [0.4, 0.5) is 5.82 Å². The number of carbonyl (C=O) groups is 1. The Morgan fingerprint density at radius 2 is 1.82 bits per heavy atom. The van der Waals surface area contributed by atoms with Gasteiger partial charge in [-0.1, -0.05) is 6.07 Å². The Kier molecular flexibility index (Phi) is 5.89. The van der Waals surface area contributed by atoms with Crippen molar-refractivity contribution in [2.75, 3.05) is 28.4 Å². The van der Waals surface area contributed by atoms with Crippen LogP contribution in [-0.4, -0.2) is 49.3 Å². The molecule has 2 aromatic rings. The third kappa shape index (κ3) is 3.82. The molecule has 1 aromatic heterocycles. The lowest BCUT2D eigenvalue weighted by atomic mass is 10.1. The highest BCUT2D eigenvalue weighted by Gasteiger charge is 2.31. The Labute approximate surface area is 168 Å². The van der Waals surface area contributed by atoms with E-state index in [-0.39, 0.29) is 5.91 Å². The van der Waals surface area contributed by atoms with E-state index in [9.17, 15) is 4.79 Å². The van der Waals surface area contributed by atoms with Gasteiger partial charge in [-0.25, -0.2) is 9.98 Å². The molecule has 1 fully saturated rings. The standard InChI is InChI=1S/C20H21N3O4S/c1-12-7-6-8-16(21-12)22-20-23(2)19(24)15(28-20)11-13-9-10-14(25-3)18(27-5)17(13)26-4/h6-11H,1-5H3/b15-11-,22-20+. The summed E-state index contributed by atoms with van der Waals surface area (Å²) in [4.78, 5) is 23.6. The van der Waals surface area contributed by atoms with Crippen LogP contribution < -0.4 is 14.2 Å². The zero-order valence-electron chi connectivity index (χ0n) is 16.3. The minimum atomic E-state index is -0.145. The first-order chi connectivity index (χ1) is 13.5. The van der Waals surface area contributed by atoms with Crippen molar-refractivity contribution in [3.05, 3.63) is 46.5 Å². The summed E-state index contributed by atoms with van der Waals surface area (Å²) in [6, 6.07) is 9.17. The fraction of sp³-hybridized carbons (Fsp3) is 0.250. The largest absolute Gasteiger partial charge is 0.493 e. The summed E-state index contributed by atoms with van der Waals surface area (Å²) < 4.78 is 16.2. The molecular weight excluding hydrogens is 378 g/mol. The van der Waals surface area contributed by atoms with E-state index in [2.05, 4.69) is 9.98 Å². The monoisotopic (exact) mass is 399 g/mol. The summed E-state index contributed by atoms with van der Waals surface area (Å²) in [5.41, 5.74) is 1.57. The summed E-state index contributed by atoms with van der Waals surface area (Å²) in [5, 5.41) is 0.564. The van der Waals surface area contributed by atoms with Crippen molar-refractivity contribution >= 4 is 34.7 Å². The second-order valence-corrected chi connectivity index (χ2v) is 6.94. The molecule has 1 aliphatic heterocycles. The molecule has 0 aliphatic carbocycles. The van der Waals surface area contributed by atoms with Crippen LogP contribution in [0.5, 0.6) is 17.2 Å². The van der Waals surface area contributed by atoms with Crippen molar-refractivity contribution in [1.29, 1.82) is 0 Å². The molecule has 1 amide bonds. The van der Waals surface area contributed by atoms with Crippen LogP contribution in [0.25, 0.3) is 6.08 Å². The normalized spacial score (nSPS) is 16.8. The number of carbonyl (C=O) groups excluding carboxylic acids is 1. The molecule has 8 heteroatoms. The Balaban J connectivity index is 1.98. The van der Waals surface area contributed by atoms with Crippen LogP contribution in [0, 0.1) is 6.92 Å². The van der Waals surface area contributed by atoms with Crippen LogP contribution in [0.1, 0.15) is 11.3 Å². The van der Waals surface area contributed by atoms with E-state index in [1.54, 1.807) is 46.6 Å². The van der Waals surface area contributed by atoms with Crippen molar-refractivity contribution in [1.82, 2.24) is 9.88 Å². The molecule has 3 rings (SSSR count). The number of ether oxygens (including phenoxy) is 3. The maximum absolute atomic E-state index is 12.7. The molecule has 28 heavy (non-hydrogen) atoms. The Hall–Kier alpha value is -3.00. The van der Waals surface area contributed by atoms with E-state index >= 15 is 0 Å². The number of hydrogen-bond donors (Lipinski definition) is 0. The van der Waals surface area contributed by atoms with Gasteiger partial charge >= 0.3 is 0 Å². The van der Waals surface area contributed by atoms with Crippen LogP contribution in [0.15, 0.2) is 40.2 Å². The Morgan fingerprint density at radius 3 is 2.46 bits per heavy atom. The van der Waals surface area contributed by atoms with Crippen molar-refractivity contribution in [3.63, 3.8) is 0 Å². The average molecular weight is 399 g/mol. The van der Waals surface area contributed by atoms with Gasteiger partial charge in [0.15, 0.2) is 22.5 Å². The smallest absolute Gasteiger partial charge is 0.266 e. The number of benzene rings is 1. The summed E-state index contributed by atoms with van der Waals surface area (Å²) in [6.07, 6.45) is 1.76. The molecule has 0 atom stereocenters. The number of pyridine rings is 1. The van der Waals surface area contributed by atoms with Gasteiger partial charge in [-0.05, 0) is 49.0 Å². The van der Waals surface area contributed by atoms with Gasteiger partial charge in [-0.3, -0.25) is 9.69 Å². The number of hydrogen-bond acceptors (Lipinski definition) is 7. The molecule has 0 unspecified atom stereocenters. The lowest BCUT2D eigenvalue weighted by Gasteiger charge is -2.14. The molecule has 0 radical (unpaired) electrons. The maximum Gasteiger partial charge on any atom is 0.266 e. The molecule has 7 nitrogen and oxygen atoms in total. The van der Waals surface area contributed by atoms with Gasteiger partial charge in [0.05, 0.1) is 26.2 Å². The number of aryl methyl sites for hydroxylation is 1. The Bertz CT molecular complexity index is 972. The van der Waals surface area contributed by atoms with Gasteiger partial charge < -0.3 is 14.2 Å². The molecule has 1 aliphatic rings. The third-order valence-electron chi connectivity index (χ3n) is 4.11. The van der Waals surface area contributed by atoms with E-state index in [1.165, 1.54) is 16.7 Å². The van der Waals surface area contributed by atoms with Gasteiger partial charge in [0.25, 0.3) is 5.91 Å². The predicted octanol–water partition coefficient (Wildman–Crippen LogP) is 3.65. The molecule has 2 heterocycles. The van der Waals surface area contributed by atoms with Crippen LogP contribution in [0.2, 0.25) is 0 Å². The molecule has 146 valence electrons. The van der Waals surface area contributed by atoms with Crippen molar-refractivity contribution < 1.29 is 19.0 Å². The van der Waals surface area contributed by atoms with Gasteiger partial charge in [0.2, 0.25) is 5.75 Å². The SMILES string of the molecule is COc1ccc(/C=C2\S/C(=N/c3cccc(C)n3)N(C)C2=O)c(OC)c1OC. The number of methoxy groups -OCH3 is 3. The van der Waals surface area contributed by atoms with Crippen molar-refractivity contribution in [2.45, 2.75) is 6.92 Å². The lowest BCUT2D eigenvalue weighted by molar-refractivity contribution is -0.121. The fourth-order valence-electron chi connectivity index (χ4n) is 2.72. The molecule has 0 saturated carbocycles. The fourth-order valence-corrected chi connectivity index (χ4v) is 3.69. The summed E-state index contributed by atoms with van der Waals surface area (Å²) in [6.45, 7) is 1.90. The molecule has 0 spiro atoms. The van der Waals surface area contributed by atoms with Crippen LogP contribution in [-0.2, 0) is 4.79 Å². The van der Waals surface area contributed by atoms with E-state index < -0.39 is 0 Å². The first kappa shape index (κ1) is 19.8. The number of amides is 1. The molecule has 1 aromatic carbocycles. The van der Waals surface area contributed by atoms with E-state index in [1.807, 2.05) is 25.1 Å². The number of nitrogens with zero attached hydrogens (tertiary/aromatic N) is 3. The highest BCUT2D eigenvalue weighted by molar-refractivity contribution is 8.18. The van der Waals surface area contributed by atoms with Gasteiger partial charge in [-0.2, -0.15) is 0 Å². The van der Waals surface area contributed by atoms with Crippen LogP contribution in [0.3, 0.4) is 0 Å². The van der Waals surface area contributed by atoms with E-state index in [0.29, 0.717) is 38.7 Å². The number of thioether (sulfide) groups is 1. The first-order valence-electron chi connectivity index (χ1n) is 8.47. The number of rotatable bonds is 5. The zero-order chi connectivity index (χ0) is 20.3.